The Morgan fingerprint density at radius 2 is 2.17 bits per heavy atom. The molecule has 1 aromatic heterocycles. The van der Waals surface area contributed by atoms with E-state index in [-0.39, 0.29) is 24.4 Å². The van der Waals surface area contributed by atoms with Crippen LogP contribution in [0.4, 0.5) is 0 Å². The molecule has 1 heterocycles. The Morgan fingerprint density at radius 1 is 1.39 bits per heavy atom. The second-order valence-corrected chi connectivity index (χ2v) is 4.49. The summed E-state index contributed by atoms with van der Waals surface area (Å²) in [5.41, 5.74) is 1.84. The lowest BCUT2D eigenvalue weighted by Crippen LogP contribution is -2.28. The van der Waals surface area contributed by atoms with Crippen molar-refractivity contribution in [3.05, 3.63) is 56.4 Å². The molecule has 0 atom stereocenters. The van der Waals surface area contributed by atoms with Crippen molar-refractivity contribution in [1.29, 1.82) is 0 Å². The molecule has 0 saturated carbocycles. The number of methoxy groups -OCH3 is 1. The van der Waals surface area contributed by atoms with Crippen LogP contribution in [0.15, 0.2) is 39.0 Å². The summed E-state index contributed by atoms with van der Waals surface area (Å²) in [6.45, 7) is 0. The number of aromatic amines is 2. The predicted molar refractivity (Wildman–Crippen MR) is 82.5 cm³/mol. The molecule has 0 aliphatic heterocycles. The first kappa shape index (κ1) is 16.1. The minimum absolute atomic E-state index is 0.00535. The number of ether oxygens (including phenoxy) is 1. The number of aromatic nitrogens is 3. The van der Waals surface area contributed by atoms with E-state index in [0.29, 0.717) is 11.3 Å². The van der Waals surface area contributed by atoms with Crippen LogP contribution in [0.5, 0.6) is 5.75 Å². The average molecular weight is 317 g/mol. The zero-order chi connectivity index (χ0) is 16.7. The van der Waals surface area contributed by atoms with Crippen molar-refractivity contribution in [1.82, 2.24) is 20.6 Å². The number of para-hydroxylation sites is 1. The SMILES string of the molecule is COc1ccccc1/C=N/NC(=O)CCc1n[nH]c(=O)[nH]c1=O. The molecule has 9 nitrogen and oxygen atoms in total. The first-order valence-corrected chi connectivity index (χ1v) is 6.73. The van der Waals surface area contributed by atoms with Gasteiger partial charge >= 0.3 is 5.69 Å². The molecule has 0 fully saturated rings. The van der Waals surface area contributed by atoms with Crippen molar-refractivity contribution >= 4 is 12.1 Å². The largest absolute Gasteiger partial charge is 0.496 e. The number of H-pyrrole nitrogens is 2. The van der Waals surface area contributed by atoms with Gasteiger partial charge in [0.1, 0.15) is 11.4 Å². The van der Waals surface area contributed by atoms with Crippen LogP contribution in [0.2, 0.25) is 0 Å². The Hall–Kier alpha value is -3.23. The molecule has 1 amide bonds. The van der Waals surface area contributed by atoms with Crippen LogP contribution < -0.4 is 21.4 Å². The van der Waals surface area contributed by atoms with Gasteiger partial charge in [0.25, 0.3) is 5.56 Å². The summed E-state index contributed by atoms with van der Waals surface area (Å²) in [5.74, 6) is 0.248. The minimum atomic E-state index is -0.690. The maximum atomic E-state index is 11.7. The van der Waals surface area contributed by atoms with Crippen LogP contribution in [0.1, 0.15) is 17.7 Å². The van der Waals surface area contributed by atoms with E-state index in [1.54, 1.807) is 19.2 Å². The third-order valence-corrected chi connectivity index (χ3v) is 2.90. The molecule has 23 heavy (non-hydrogen) atoms. The molecule has 0 spiro atoms. The number of nitrogens with zero attached hydrogens (tertiary/aromatic N) is 2. The molecule has 0 bridgehead atoms. The molecule has 3 N–H and O–H groups in total. The zero-order valence-electron chi connectivity index (χ0n) is 12.3. The standard InChI is InChI=1S/C14H15N5O4/c1-23-11-5-3-2-4-9(11)8-15-18-12(20)7-6-10-13(21)16-14(22)19-17-10/h2-5,8H,6-7H2,1H3,(H,18,20)(H2,16,19,21,22)/b15-8+. The highest BCUT2D eigenvalue weighted by atomic mass is 16.5. The zero-order valence-corrected chi connectivity index (χ0v) is 12.3. The van der Waals surface area contributed by atoms with Crippen LogP contribution >= 0.6 is 0 Å². The van der Waals surface area contributed by atoms with Gasteiger partial charge in [-0.3, -0.25) is 14.6 Å². The fraction of sp³-hybridized carbons (Fsp3) is 0.214. The lowest BCUT2D eigenvalue weighted by atomic mass is 10.2. The molecule has 9 heteroatoms. The van der Waals surface area contributed by atoms with Gasteiger partial charge in [-0.25, -0.2) is 15.3 Å². The molecule has 2 aromatic rings. The van der Waals surface area contributed by atoms with Crippen molar-refractivity contribution in [3.8, 4) is 5.75 Å². The van der Waals surface area contributed by atoms with Gasteiger partial charge in [0.2, 0.25) is 5.91 Å². The number of nitrogens with one attached hydrogen (secondary N) is 3. The third kappa shape index (κ3) is 4.63. The number of benzene rings is 1. The molecule has 1 aromatic carbocycles. The topological polar surface area (TPSA) is 129 Å². The van der Waals surface area contributed by atoms with Gasteiger partial charge < -0.3 is 4.74 Å². The average Bonchev–Trinajstić information content (AvgIpc) is 2.54. The van der Waals surface area contributed by atoms with Crippen LogP contribution in [-0.2, 0) is 11.2 Å². The number of hydrogen-bond donors (Lipinski definition) is 3. The molecular formula is C14H15N5O4. The lowest BCUT2D eigenvalue weighted by molar-refractivity contribution is -0.121. The van der Waals surface area contributed by atoms with Crippen molar-refractivity contribution < 1.29 is 9.53 Å². The lowest BCUT2D eigenvalue weighted by Gasteiger charge is -2.03. The number of rotatable bonds is 6. The molecule has 0 aliphatic carbocycles. The van der Waals surface area contributed by atoms with Gasteiger partial charge in [0, 0.05) is 18.4 Å². The van der Waals surface area contributed by atoms with E-state index in [1.807, 2.05) is 17.1 Å². The van der Waals surface area contributed by atoms with Crippen molar-refractivity contribution in [2.75, 3.05) is 7.11 Å². The smallest absolute Gasteiger partial charge is 0.342 e. The van der Waals surface area contributed by atoms with E-state index in [9.17, 15) is 14.4 Å². The number of hydrazone groups is 1. The van der Waals surface area contributed by atoms with Gasteiger partial charge in [-0.2, -0.15) is 10.2 Å². The molecule has 2 rings (SSSR count). The van der Waals surface area contributed by atoms with E-state index in [1.165, 1.54) is 6.21 Å². The van der Waals surface area contributed by atoms with Crippen LogP contribution in [0.3, 0.4) is 0 Å². The monoisotopic (exact) mass is 317 g/mol. The highest BCUT2D eigenvalue weighted by Crippen LogP contribution is 2.14. The van der Waals surface area contributed by atoms with E-state index < -0.39 is 11.2 Å². The maximum absolute atomic E-state index is 11.7. The van der Waals surface area contributed by atoms with Crippen LogP contribution in [-0.4, -0.2) is 34.4 Å². The van der Waals surface area contributed by atoms with E-state index >= 15 is 0 Å². The summed E-state index contributed by atoms with van der Waals surface area (Å²) in [6.07, 6.45) is 1.55. The normalized spacial score (nSPS) is 10.7. The maximum Gasteiger partial charge on any atom is 0.342 e. The Balaban J connectivity index is 1.89. The highest BCUT2D eigenvalue weighted by molar-refractivity contribution is 5.85. The fourth-order valence-electron chi connectivity index (χ4n) is 1.78. The van der Waals surface area contributed by atoms with Crippen LogP contribution in [0, 0.1) is 0 Å². The number of amides is 1. The van der Waals surface area contributed by atoms with Gasteiger partial charge in [0.15, 0.2) is 0 Å². The van der Waals surface area contributed by atoms with E-state index in [2.05, 4.69) is 20.7 Å². The van der Waals surface area contributed by atoms with Gasteiger partial charge in [-0.15, -0.1) is 0 Å². The second kappa shape index (κ2) is 7.69. The van der Waals surface area contributed by atoms with E-state index in [4.69, 9.17) is 4.74 Å². The van der Waals surface area contributed by atoms with Crippen molar-refractivity contribution in [3.63, 3.8) is 0 Å². The summed E-state index contributed by atoms with van der Waals surface area (Å²) in [5, 5.41) is 9.52. The molecule has 0 radical (unpaired) electrons. The van der Waals surface area contributed by atoms with Crippen molar-refractivity contribution in [2.45, 2.75) is 12.8 Å². The number of aryl methyl sites for hydroxylation is 1. The summed E-state index contributed by atoms with van der Waals surface area (Å²) in [7, 11) is 1.54. The number of hydrogen-bond acceptors (Lipinski definition) is 6. The minimum Gasteiger partial charge on any atom is -0.496 e. The molecular weight excluding hydrogens is 302 g/mol. The quantitative estimate of drug-likeness (QED) is 0.491. The Labute approximate surface area is 130 Å². The summed E-state index contributed by atoms with van der Waals surface area (Å²) < 4.78 is 5.15. The first-order chi connectivity index (χ1) is 11.1. The predicted octanol–water partition coefficient (Wildman–Crippen LogP) is -0.450. The Bertz CT molecular complexity index is 824. The second-order valence-electron chi connectivity index (χ2n) is 4.49. The van der Waals surface area contributed by atoms with E-state index in [0.717, 1.165) is 0 Å². The van der Waals surface area contributed by atoms with Gasteiger partial charge in [-0.05, 0) is 12.1 Å². The van der Waals surface area contributed by atoms with Crippen LogP contribution in [0.25, 0.3) is 0 Å². The summed E-state index contributed by atoms with van der Waals surface area (Å²) in [6, 6.07) is 7.21. The highest BCUT2D eigenvalue weighted by Gasteiger charge is 2.06. The summed E-state index contributed by atoms with van der Waals surface area (Å²) in [4.78, 5) is 35.9. The molecule has 0 unspecified atom stereocenters. The third-order valence-electron chi connectivity index (χ3n) is 2.90. The molecule has 0 aliphatic rings. The summed E-state index contributed by atoms with van der Waals surface area (Å²) >= 11 is 0. The van der Waals surface area contributed by atoms with Crippen molar-refractivity contribution in [2.24, 2.45) is 5.10 Å². The molecule has 120 valence electrons. The van der Waals surface area contributed by atoms with Gasteiger partial charge in [0.05, 0.1) is 13.3 Å². The Morgan fingerprint density at radius 3 is 2.91 bits per heavy atom. The fourth-order valence-corrected chi connectivity index (χ4v) is 1.78. The number of carbonyl (C=O) groups excluding carboxylic acids is 1. The first-order valence-electron chi connectivity index (χ1n) is 6.73. The Kier molecular flexibility index (Phi) is 5.40. The van der Waals surface area contributed by atoms with Gasteiger partial charge in [-0.1, -0.05) is 12.1 Å². The molecule has 0 saturated heterocycles. The number of carbonyl (C=O) groups is 1.